The Morgan fingerprint density at radius 1 is 0.897 bits per heavy atom. The number of fused-ring (bicyclic) bond motifs is 5. The third kappa shape index (κ3) is 2.52. The van der Waals surface area contributed by atoms with E-state index in [0.717, 1.165) is 0 Å². The summed E-state index contributed by atoms with van der Waals surface area (Å²) in [5, 5.41) is 9.61. The third-order valence-corrected chi connectivity index (χ3v) is 5.05. The van der Waals surface area contributed by atoms with Crippen LogP contribution in [0.5, 0.6) is 23.0 Å². The molecule has 8 nitrogen and oxygen atoms in total. The van der Waals surface area contributed by atoms with E-state index in [1.807, 2.05) is 0 Å². The average molecular weight is 392 g/mol. The van der Waals surface area contributed by atoms with E-state index in [2.05, 4.69) is 0 Å². The van der Waals surface area contributed by atoms with Gasteiger partial charge in [-0.15, -0.1) is 0 Å². The lowest BCUT2D eigenvalue weighted by Crippen LogP contribution is -2.19. The van der Waals surface area contributed by atoms with Gasteiger partial charge in [-0.2, -0.15) is 0 Å². The second kappa shape index (κ2) is 6.73. The fourth-order valence-electron chi connectivity index (χ4n) is 3.74. The Labute approximate surface area is 166 Å². The van der Waals surface area contributed by atoms with E-state index in [1.54, 1.807) is 13.8 Å². The number of hydrogen-bond acceptors (Lipinski definition) is 8. The number of ether oxygens (including phenoxy) is 4. The summed E-state index contributed by atoms with van der Waals surface area (Å²) >= 11 is 0. The van der Waals surface area contributed by atoms with Gasteiger partial charge in [0.25, 0.3) is 0 Å². The smallest absolute Gasteiger partial charge is 0.346 e. The molecular formula is C19H14B2O8. The molecular weight excluding hydrogens is 378 g/mol. The summed E-state index contributed by atoms with van der Waals surface area (Å²) in [5.41, 5.74) is -1.09. The molecule has 4 radical (unpaired) electrons. The predicted molar refractivity (Wildman–Crippen MR) is 107 cm³/mol. The lowest BCUT2D eigenvalue weighted by Gasteiger charge is -2.17. The first-order valence-electron chi connectivity index (χ1n) is 8.55. The zero-order valence-electron chi connectivity index (χ0n) is 15.9. The molecule has 2 aromatic carbocycles. The van der Waals surface area contributed by atoms with E-state index in [-0.39, 0.29) is 56.5 Å². The summed E-state index contributed by atoms with van der Waals surface area (Å²) in [7, 11) is 13.7. The number of aryl methyl sites for hydroxylation is 1. The summed E-state index contributed by atoms with van der Waals surface area (Å²) < 4.78 is 26.7. The summed E-state index contributed by atoms with van der Waals surface area (Å²) in [6.07, 6.45) is 0. The zero-order chi connectivity index (χ0) is 21.0. The van der Waals surface area contributed by atoms with Gasteiger partial charge in [0.05, 0.1) is 17.9 Å². The first kappa shape index (κ1) is 19.2. The number of rotatable bonds is 3. The Hall–Kier alpha value is -3.13. The van der Waals surface area contributed by atoms with Crippen LogP contribution in [0.15, 0.2) is 14.0 Å². The van der Waals surface area contributed by atoms with Gasteiger partial charge in [0.15, 0.2) is 29.8 Å². The fourth-order valence-corrected chi connectivity index (χ4v) is 3.74. The Bertz CT molecular complexity index is 1310. The minimum Gasteiger partial charge on any atom is -0.493 e. The van der Waals surface area contributed by atoms with Crippen molar-refractivity contribution in [3.63, 3.8) is 0 Å². The molecule has 1 aliphatic heterocycles. The van der Waals surface area contributed by atoms with Crippen molar-refractivity contribution in [3.8, 4) is 23.0 Å². The van der Waals surface area contributed by atoms with Crippen molar-refractivity contribution in [2.45, 2.75) is 13.8 Å². The summed E-state index contributed by atoms with van der Waals surface area (Å²) in [6, 6.07) is 0. The topological polar surface area (TPSA) is 104 Å². The molecule has 0 atom stereocenters. The van der Waals surface area contributed by atoms with E-state index >= 15 is 0 Å². The maximum Gasteiger partial charge on any atom is 0.346 e. The van der Waals surface area contributed by atoms with E-state index in [1.165, 1.54) is 7.11 Å². The lowest BCUT2D eigenvalue weighted by molar-refractivity contribution is 0.0951. The van der Waals surface area contributed by atoms with Gasteiger partial charge in [0, 0.05) is 16.3 Å². The van der Waals surface area contributed by atoms with Crippen molar-refractivity contribution in [2.24, 2.45) is 0 Å². The minimum atomic E-state index is -0.972. The van der Waals surface area contributed by atoms with Crippen LogP contribution < -0.4 is 41.1 Å². The van der Waals surface area contributed by atoms with Gasteiger partial charge < -0.3 is 28.5 Å². The van der Waals surface area contributed by atoms with Crippen LogP contribution in [-0.4, -0.2) is 41.5 Å². The third-order valence-electron chi connectivity index (χ3n) is 5.05. The Morgan fingerprint density at radius 2 is 1.52 bits per heavy atom. The minimum absolute atomic E-state index is 0.0250. The molecule has 0 saturated carbocycles. The molecule has 0 unspecified atom stereocenters. The summed E-state index contributed by atoms with van der Waals surface area (Å²) in [4.78, 5) is 25.6. The fraction of sp³-hybridized carbons (Fsp3) is 0.263. The molecule has 0 fully saturated rings. The molecule has 1 N–H and O–H groups in total. The molecule has 0 bridgehead atoms. The molecule has 3 aromatic rings. The van der Waals surface area contributed by atoms with E-state index in [0.29, 0.717) is 16.9 Å². The second-order valence-electron chi connectivity index (χ2n) is 6.45. The average Bonchev–Trinajstić information content (AvgIpc) is 3.13. The normalized spacial score (nSPS) is 12.6. The van der Waals surface area contributed by atoms with Gasteiger partial charge in [0.2, 0.25) is 6.79 Å². The molecule has 0 spiro atoms. The Morgan fingerprint density at radius 3 is 2.14 bits per heavy atom. The molecule has 29 heavy (non-hydrogen) atoms. The van der Waals surface area contributed by atoms with Gasteiger partial charge in [-0.1, -0.05) is 5.46 Å². The van der Waals surface area contributed by atoms with Crippen LogP contribution in [0.25, 0.3) is 21.5 Å². The number of benzene rings is 2. The van der Waals surface area contributed by atoms with Crippen LogP contribution in [0.2, 0.25) is 0 Å². The first-order valence-corrected chi connectivity index (χ1v) is 8.55. The Balaban J connectivity index is 2.46. The van der Waals surface area contributed by atoms with Crippen LogP contribution >= 0.6 is 0 Å². The number of aliphatic hydroxyl groups excluding tert-OH is 1. The van der Waals surface area contributed by atoms with Crippen LogP contribution in [0.3, 0.4) is 0 Å². The predicted octanol–water partition coefficient (Wildman–Crippen LogP) is -0.423. The maximum atomic E-state index is 12.8. The molecule has 0 amide bonds. The monoisotopic (exact) mass is 392 g/mol. The first-order chi connectivity index (χ1) is 13.8. The van der Waals surface area contributed by atoms with Gasteiger partial charge in [0.1, 0.15) is 15.7 Å². The highest BCUT2D eigenvalue weighted by Gasteiger charge is 2.29. The van der Waals surface area contributed by atoms with Crippen molar-refractivity contribution < 1.29 is 28.5 Å². The largest absolute Gasteiger partial charge is 0.493 e. The van der Waals surface area contributed by atoms with Crippen LogP contribution in [0.4, 0.5) is 0 Å². The molecule has 4 rings (SSSR count). The number of aliphatic hydroxyl groups is 1. The van der Waals surface area contributed by atoms with Gasteiger partial charge in [-0.05, 0) is 24.9 Å². The van der Waals surface area contributed by atoms with Crippen molar-refractivity contribution in [1.82, 2.24) is 0 Å². The van der Waals surface area contributed by atoms with Crippen LogP contribution in [0, 0.1) is 13.8 Å². The zero-order valence-corrected chi connectivity index (χ0v) is 15.9. The van der Waals surface area contributed by atoms with Crippen molar-refractivity contribution in [3.05, 3.63) is 32.0 Å². The molecule has 144 valence electrons. The van der Waals surface area contributed by atoms with Crippen molar-refractivity contribution >= 4 is 48.2 Å². The molecule has 1 aliphatic rings. The van der Waals surface area contributed by atoms with Crippen LogP contribution in [0.1, 0.15) is 11.1 Å². The van der Waals surface area contributed by atoms with Crippen molar-refractivity contribution in [2.75, 3.05) is 20.7 Å². The molecule has 10 heteroatoms. The maximum absolute atomic E-state index is 12.8. The second-order valence-corrected chi connectivity index (χ2v) is 6.45. The highest BCUT2D eigenvalue weighted by molar-refractivity contribution is 6.44. The van der Waals surface area contributed by atoms with E-state index < -0.39 is 18.0 Å². The summed E-state index contributed by atoms with van der Waals surface area (Å²) in [5.74, 6) is 0.721. The van der Waals surface area contributed by atoms with E-state index in [9.17, 15) is 14.7 Å². The molecule has 2 heterocycles. The van der Waals surface area contributed by atoms with Crippen molar-refractivity contribution in [1.29, 1.82) is 0 Å². The van der Waals surface area contributed by atoms with Gasteiger partial charge in [-0.3, -0.25) is 0 Å². The SMILES string of the molecule is [B]c1c(OC)c(OCO)c(C)c2c1c(=O)oc(=O)c1c([B])c(C)c3c(c12)OCO3. The lowest BCUT2D eigenvalue weighted by atomic mass is 9.82. The highest BCUT2D eigenvalue weighted by Crippen LogP contribution is 2.45. The molecule has 0 aliphatic carbocycles. The van der Waals surface area contributed by atoms with Gasteiger partial charge >= 0.3 is 11.3 Å². The highest BCUT2D eigenvalue weighted by atomic mass is 16.7. The number of hydrogen-bond donors (Lipinski definition) is 1. The standard InChI is InChI=1S/C19H14B2O8/c1-6-8-9-11(12(20)7(2)15-16(9)28-5-27-15)19(24)29-18(23)10(8)13(21)17(25-3)14(6)26-4-22/h22H,4-5H2,1-3H3. The molecule has 1 aromatic heterocycles. The molecule has 0 saturated heterocycles. The number of methoxy groups -OCH3 is 1. The summed E-state index contributed by atoms with van der Waals surface area (Å²) in [6.45, 7) is 2.53. The van der Waals surface area contributed by atoms with Gasteiger partial charge in [-0.25, -0.2) is 9.59 Å². The quantitative estimate of drug-likeness (QED) is 0.474. The van der Waals surface area contributed by atoms with Crippen LogP contribution in [-0.2, 0) is 0 Å². The van der Waals surface area contributed by atoms with E-state index in [4.69, 9.17) is 39.1 Å². The Kier molecular flexibility index (Phi) is 4.46.